The van der Waals surface area contributed by atoms with Crippen LogP contribution in [0.15, 0.2) is 36.5 Å². The fraction of sp³-hybridized carbons (Fsp3) is 0.200. The molecule has 0 saturated heterocycles. The standard InChI is InChI=1S/C15H18N4O/c1-10-11(6-4-7-12(10)16)15(20)18-13-8-5-9-17-14(13)19(2)3/h4-9H,16H2,1-3H3,(H,18,20). The summed E-state index contributed by atoms with van der Waals surface area (Å²) in [4.78, 5) is 18.4. The molecule has 2 aromatic rings. The second-order valence-electron chi connectivity index (χ2n) is 4.74. The largest absolute Gasteiger partial charge is 0.398 e. The van der Waals surface area contributed by atoms with Gasteiger partial charge >= 0.3 is 0 Å². The van der Waals surface area contributed by atoms with Crippen molar-refractivity contribution in [3.05, 3.63) is 47.7 Å². The molecule has 0 fully saturated rings. The topological polar surface area (TPSA) is 71.2 Å². The molecule has 5 nitrogen and oxygen atoms in total. The average Bonchev–Trinajstić information content (AvgIpc) is 2.42. The van der Waals surface area contributed by atoms with Crippen molar-refractivity contribution in [3.8, 4) is 0 Å². The number of hydrogen-bond acceptors (Lipinski definition) is 4. The molecule has 0 bridgehead atoms. The normalized spacial score (nSPS) is 10.2. The number of benzene rings is 1. The molecule has 2 rings (SSSR count). The second kappa shape index (κ2) is 5.61. The summed E-state index contributed by atoms with van der Waals surface area (Å²) in [6.07, 6.45) is 1.69. The van der Waals surface area contributed by atoms with Crippen LogP contribution in [0.2, 0.25) is 0 Å². The predicted octanol–water partition coefficient (Wildman–Crippen LogP) is 2.29. The van der Waals surface area contributed by atoms with Gasteiger partial charge in [0.2, 0.25) is 0 Å². The monoisotopic (exact) mass is 270 g/mol. The first kappa shape index (κ1) is 13.9. The lowest BCUT2D eigenvalue weighted by atomic mass is 10.1. The minimum atomic E-state index is -0.189. The molecule has 0 aliphatic carbocycles. The van der Waals surface area contributed by atoms with Crippen molar-refractivity contribution in [1.29, 1.82) is 0 Å². The van der Waals surface area contributed by atoms with Gasteiger partial charge in [-0.1, -0.05) is 6.07 Å². The molecule has 1 aromatic heterocycles. The van der Waals surface area contributed by atoms with Gasteiger partial charge in [-0.25, -0.2) is 4.98 Å². The molecule has 0 atom stereocenters. The summed E-state index contributed by atoms with van der Waals surface area (Å²) < 4.78 is 0. The predicted molar refractivity (Wildman–Crippen MR) is 82.1 cm³/mol. The van der Waals surface area contributed by atoms with Crippen LogP contribution in [0.5, 0.6) is 0 Å². The summed E-state index contributed by atoms with van der Waals surface area (Å²) in [6.45, 7) is 1.83. The van der Waals surface area contributed by atoms with Gasteiger partial charge in [0.1, 0.15) is 0 Å². The lowest BCUT2D eigenvalue weighted by Gasteiger charge is -2.16. The molecule has 104 valence electrons. The SMILES string of the molecule is Cc1c(N)cccc1C(=O)Nc1cccnc1N(C)C. The number of carbonyl (C=O) groups is 1. The Labute approximate surface area is 118 Å². The highest BCUT2D eigenvalue weighted by molar-refractivity contribution is 6.07. The van der Waals surface area contributed by atoms with Crippen molar-refractivity contribution in [2.24, 2.45) is 0 Å². The van der Waals surface area contributed by atoms with Gasteiger partial charge in [0.05, 0.1) is 5.69 Å². The number of hydrogen-bond donors (Lipinski definition) is 2. The molecule has 1 amide bonds. The minimum absolute atomic E-state index is 0.189. The maximum Gasteiger partial charge on any atom is 0.256 e. The first-order chi connectivity index (χ1) is 9.50. The van der Waals surface area contributed by atoms with E-state index in [4.69, 9.17) is 5.73 Å². The van der Waals surface area contributed by atoms with Crippen LogP contribution in [0.4, 0.5) is 17.2 Å². The third kappa shape index (κ3) is 2.71. The van der Waals surface area contributed by atoms with Crippen molar-refractivity contribution in [2.75, 3.05) is 30.0 Å². The fourth-order valence-electron chi connectivity index (χ4n) is 1.94. The van der Waals surface area contributed by atoms with Crippen LogP contribution in [0.1, 0.15) is 15.9 Å². The van der Waals surface area contributed by atoms with E-state index in [-0.39, 0.29) is 5.91 Å². The maximum atomic E-state index is 12.3. The van der Waals surface area contributed by atoms with Gasteiger partial charge in [-0.05, 0) is 36.8 Å². The summed E-state index contributed by atoms with van der Waals surface area (Å²) in [5.41, 5.74) is 8.45. The Bertz CT molecular complexity index is 638. The van der Waals surface area contributed by atoms with E-state index in [1.54, 1.807) is 30.5 Å². The van der Waals surface area contributed by atoms with Crippen LogP contribution < -0.4 is 16.0 Å². The molecule has 3 N–H and O–H groups in total. The third-order valence-corrected chi connectivity index (χ3v) is 3.08. The van der Waals surface area contributed by atoms with Crippen LogP contribution in [0.25, 0.3) is 0 Å². The fourth-order valence-corrected chi connectivity index (χ4v) is 1.94. The van der Waals surface area contributed by atoms with Crippen LogP contribution in [-0.2, 0) is 0 Å². The van der Waals surface area contributed by atoms with E-state index >= 15 is 0 Å². The number of amides is 1. The Hall–Kier alpha value is -2.56. The summed E-state index contributed by atoms with van der Waals surface area (Å²) in [7, 11) is 3.76. The molecule has 20 heavy (non-hydrogen) atoms. The van der Waals surface area contributed by atoms with Gasteiger partial charge in [0, 0.05) is 31.5 Å². The van der Waals surface area contributed by atoms with E-state index in [9.17, 15) is 4.79 Å². The van der Waals surface area contributed by atoms with E-state index < -0.39 is 0 Å². The first-order valence-corrected chi connectivity index (χ1v) is 6.29. The lowest BCUT2D eigenvalue weighted by Crippen LogP contribution is -2.18. The van der Waals surface area contributed by atoms with Crippen LogP contribution in [0, 0.1) is 6.92 Å². The summed E-state index contributed by atoms with van der Waals surface area (Å²) >= 11 is 0. The van der Waals surface area contributed by atoms with E-state index in [0.717, 1.165) is 5.56 Å². The molecule has 0 aliphatic rings. The number of carbonyl (C=O) groups excluding carboxylic acids is 1. The molecular formula is C15H18N4O. The molecule has 0 radical (unpaired) electrons. The zero-order valence-corrected chi connectivity index (χ0v) is 11.8. The first-order valence-electron chi connectivity index (χ1n) is 6.29. The smallest absolute Gasteiger partial charge is 0.256 e. The molecule has 0 spiro atoms. The summed E-state index contributed by atoms with van der Waals surface area (Å²) in [6, 6.07) is 8.91. The van der Waals surface area contributed by atoms with Crippen LogP contribution >= 0.6 is 0 Å². The molecular weight excluding hydrogens is 252 g/mol. The Kier molecular flexibility index (Phi) is 3.89. The van der Waals surface area contributed by atoms with Gasteiger partial charge < -0.3 is 16.0 Å². The van der Waals surface area contributed by atoms with E-state index in [1.165, 1.54) is 0 Å². The summed E-state index contributed by atoms with van der Waals surface area (Å²) in [5.74, 6) is 0.522. The quantitative estimate of drug-likeness (QED) is 0.839. The molecule has 0 saturated carbocycles. The van der Waals surface area contributed by atoms with Crippen molar-refractivity contribution in [2.45, 2.75) is 6.92 Å². The Balaban J connectivity index is 2.31. The van der Waals surface area contributed by atoms with Crippen molar-refractivity contribution in [1.82, 2.24) is 4.98 Å². The summed E-state index contributed by atoms with van der Waals surface area (Å²) in [5, 5.41) is 2.88. The molecule has 0 aliphatic heterocycles. The van der Waals surface area contributed by atoms with Crippen molar-refractivity contribution < 1.29 is 4.79 Å². The van der Waals surface area contributed by atoms with E-state index in [2.05, 4.69) is 10.3 Å². The third-order valence-electron chi connectivity index (χ3n) is 3.08. The number of nitrogens with one attached hydrogen (secondary N) is 1. The number of rotatable bonds is 3. The van der Waals surface area contributed by atoms with Gasteiger partial charge in [0.25, 0.3) is 5.91 Å². The molecule has 0 unspecified atom stereocenters. The number of nitrogens with two attached hydrogens (primary N) is 1. The second-order valence-corrected chi connectivity index (χ2v) is 4.74. The van der Waals surface area contributed by atoms with Crippen molar-refractivity contribution in [3.63, 3.8) is 0 Å². The average molecular weight is 270 g/mol. The Morgan fingerprint density at radius 1 is 1.25 bits per heavy atom. The van der Waals surface area contributed by atoms with Crippen LogP contribution in [0.3, 0.4) is 0 Å². The Morgan fingerprint density at radius 3 is 2.70 bits per heavy atom. The highest BCUT2D eigenvalue weighted by Gasteiger charge is 2.13. The zero-order valence-electron chi connectivity index (χ0n) is 11.8. The zero-order chi connectivity index (χ0) is 14.7. The lowest BCUT2D eigenvalue weighted by molar-refractivity contribution is 0.102. The van der Waals surface area contributed by atoms with Gasteiger partial charge in [0.15, 0.2) is 5.82 Å². The Morgan fingerprint density at radius 2 is 2.00 bits per heavy atom. The van der Waals surface area contributed by atoms with Gasteiger partial charge in [-0.2, -0.15) is 0 Å². The maximum absolute atomic E-state index is 12.3. The number of anilines is 3. The number of pyridine rings is 1. The minimum Gasteiger partial charge on any atom is -0.398 e. The number of aromatic nitrogens is 1. The van der Waals surface area contributed by atoms with Gasteiger partial charge in [-0.15, -0.1) is 0 Å². The molecule has 1 aromatic carbocycles. The van der Waals surface area contributed by atoms with Gasteiger partial charge in [-0.3, -0.25) is 4.79 Å². The number of nitrogens with zero attached hydrogens (tertiary/aromatic N) is 2. The van der Waals surface area contributed by atoms with Crippen molar-refractivity contribution >= 4 is 23.1 Å². The number of nitrogen functional groups attached to an aromatic ring is 1. The highest BCUT2D eigenvalue weighted by atomic mass is 16.1. The highest BCUT2D eigenvalue weighted by Crippen LogP contribution is 2.22. The molecule has 1 heterocycles. The van der Waals surface area contributed by atoms with Crippen LogP contribution in [-0.4, -0.2) is 25.0 Å². The van der Waals surface area contributed by atoms with E-state index in [1.807, 2.05) is 32.0 Å². The molecule has 5 heteroatoms. The van der Waals surface area contributed by atoms with E-state index in [0.29, 0.717) is 22.8 Å².